The molecule has 34 heavy (non-hydrogen) atoms. The average molecular weight is 503 g/mol. The molecule has 0 spiro atoms. The molecule has 4 atom stereocenters. The van der Waals surface area contributed by atoms with E-state index in [2.05, 4.69) is 11.4 Å². The van der Waals surface area contributed by atoms with Crippen LogP contribution < -0.4 is 5.32 Å². The summed E-state index contributed by atoms with van der Waals surface area (Å²) in [5.74, 6) is -0.500. The second-order valence-corrected chi connectivity index (χ2v) is 9.94. The quantitative estimate of drug-likeness (QED) is 0.417. The zero-order chi connectivity index (χ0) is 24.9. The first-order valence-corrected chi connectivity index (χ1v) is 12.6. The SMILES string of the molecule is CCC1(CC)N[C@@H](C(=O)CCC[C@H](O)CO)[C@H](c2cccc(Cl)c2)C1(C#N)c1ccc(Cl)cc1. The fraction of sp³-hybridized carbons (Fsp3) is 0.481. The van der Waals surface area contributed by atoms with E-state index in [0.717, 1.165) is 11.1 Å². The minimum absolute atomic E-state index is 0.0209. The van der Waals surface area contributed by atoms with Crippen molar-refractivity contribution >= 4 is 29.0 Å². The molecule has 182 valence electrons. The van der Waals surface area contributed by atoms with Crippen LogP contribution in [0.3, 0.4) is 0 Å². The summed E-state index contributed by atoms with van der Waals surface area (Å²) >= 11 is 12.6. The number of rotatable bonds is 10. The molecular weight excluding hydrogens is 471 g/mol. The van der Waals surface area contributed by atoms with Crippen LogP contribution in [0, 0.1) is 11.3 Å². The first-order chi connectivity index (χ1) is 16.3. The molecule has 0 bridgehead atoms. The van der Waals surface area contributed by atoms with Crippen molar-refractivity contribution in [3.05, 3.63) is 69.7 Å². The maximum atomic E-state index is 13.6. The second kappa shape index (κ2) is 11.2. The normalized spacial score (nSPS) is 24.5. The van der Waals surface area contributed by atoms with Crippen molar-refractivity contribution < 1.29 is 15.0 Å². The van der Waals surface area contributed by atoms with Gasteiger partial charge in [0.1, 0.15) is 11.2 Å². The lowest BCUT2D eigenvalue weighted by Gasteiger charge is -2.43. The Kier molecular flexibility index (Phi) is 8.78. The standard InChI is InChI=1S/C27H32Cl2N2O3/c1-3-26(4-2)27(17-30,19-11-13-20(28)14-12-19)24(18-7-5-8-21(29)15-18)25(31-26)23(34)10-6-9-22(33)16-32/h5,7-8,11-15,22,24-25,31-33H,3-4,6,9-10,16H2,1-2H3/t22-,24-,25-,27?/m0/s1. The topological polar surface area (TPSA) is 93.3 Å². The van der Waals surface area contributed by atoms with Gasteiger partial charge in [0.05, 0.1) is 24.8 Å². The van der Waals surface area contributed by atoms with Gasteiger partial charge < -0.3 is 10.2 Å². The molecule has 3 rings (SSSR count). The summed E-state index contributed by atoms with van der Waals surface area (Å²) in [7, 11) is 0. The van der Waals surface area contributed by atoms with Gasteiger partial charge in [-0.05, 0) is 61.1 Å². The van der Waals surface area contributed by atoms with Crippen LogP contribution in [0.15, 0.2) is 48.5 Å². The molecule has 3 N–H and O–H groups in total. The van der Waals surface area contributed by atoms with E-state index < -0.39 is 29.0 Å². The van der Waals surface area contributed by atoms with Gasteiger partial charge in [0, 0.05) is 27.9 Å². The lowest BCUT2D eigenvalue weighted by molar-refractivity contribution is -0.121. The molecule has 1 unspecified atom stereocenters. The van der Waals surface area contributed by atoms with Crippen molar-refractivity contribution in [3.8, 4) is 6.07 Å². The molecule has 1 heterocycles. The van der Waals surface area contributed by atoms with Crippen molar-refractivity contribution in [2.24, 2.45) is 0 Å². The fourth-order valence-electron chi connectivity index (χ4n) is 5.63. The monoisotopic (exact) mass is 502 g/mol. The van der Waals surface area contributed by atoms with Crippen LogP contribution in [0.4, 0.5) is 0 Å². The Hall–Kier alpha value is -1.94. The first-order valence-electron chi connectivity index (χ1n) is 11.8. The Labute approximate surface area is 211 Å². The number of aliphatic hydroxyl groups is 2. The summed E-state index contributed by atoms with van der Waals surface area (Å²) in [6.45, 7) is 3.75. The van der Waals surface area contributed by atoms with Gasteiger partial charge in [0.2, 0.25) is 0 Å². The van der Waals surface area contributed by atoms with Crippen molar-refractivity contribution in [1.29, 1.82) is 5.26 Å². The van der Waals surface area contributed by atoms with E-state index in [1.54, 1.807) is 18.2 Å². The Morgan fingerprint density at radius 2 is 1.82 bits per heavy atom. The Balaban J connectivity index is 2.18. The third-order valence-electron chi connectivity index (χ3n) is 7.40. The molecule has 1 aliphatic rings. The summed E-state index contributed by atoms with van der Waals surface area (Å²) < 4.78 is 0. The van der Waals surface area contributed by atoms with Crippen LogP contribution in [-0.4, -0.2) is 40.3 Å². The van der Waals surface area contributed by atoms with Crippen LogP contribution in [0.2, 0.25) is 10.0 Å². The minimum Gasteiger partial charge on any atom is -0.394 e. The van der Waals surface area contributed by atoms with E-state index in [1.165, 1.54) is 0 Å². The number of nitrogens with one attached hydrogen (secondary N) is 1. The van der Waals surface area contributed by atoms with Crippen molar-refractivity contribution in [2.75, 3.05) is 6.61 Å². The van der Waals surface area contributed by atoms with Gasteiger partial charge in [-0.2, -0.15) is 5.26 Å². The summed E-state index contributed by atoms with van der Waals surface area (Å²) in [5.41, 5.74) is -0.0647. The van der Waals surface area contributed by atoms with Gasteiger partial charge in [-0.3, -0.25) is 10.1 Å². The number of hydrogen-bond acceptors (Lipinski definition) is 5. The molecule has 5 nitrogen and oxygen atoms in total. The molecular formula is C27H32Cl2N2O3. The van der Waals surface area contributed by atoms with E-state index in [1.807, 2.05) is 44.2 Å². The number of halogens is 2. The molecule has 2 aromatic rings. The molecule has 0 amide bonds. The average Bonchev–Trinajstić information content (AvgIpc) is 3.16. The number of nitrogens with zero attached hydrogens (tertiary/aromatic N) is 1. The number of hydrogen-bond donors (Lipinski definition) is 3. The highest BCUT2D eigenvalue weighted by Crippen LogP contribution is 2.56. The number of nitriles is 1. The molecule has 0 aromatic heterocycles. The van der Waals surface area contributed by atoms with E-state index in [9.17, 15) is 15.2 Å². The van der Waals surface area contributed by atoms with E-state index in [0.29, 0.717) is 35.7 Å². The number of carbonyl (C=O) groups is 1. The predicted octanol–water partition coefficient (Wildman–Crippen LogP) is 5.16. The highest BCUT2D eigenvalue weighted by atomic mass is 35.5. The number of carbonyl (C=O) groups excluding carboxylic acids is 1. The smallest absolute Gasteiger partial charge is 0.150 e. The van der Waals surface area contributed by atoms with Gasteiger partial charge in [-0.15, -0.1) is 0 Å². The largest absolute Gasteiger partial charge is 0.394 e. The molecule has 0 saturated carbocycles. The number of ketones is 1. The number of benzene rings is 2. The number of Topliss-reactive ketones (excluding diaryl/α,β-unsaturated/α-hetero) is 1. The molecule has 1 saturated heterocycles. The van der Waals surface area contributed by atoms with E-state index in [-0.39, 0.29) is 18.8 Å². The van der Waals surface area contributed by atoms with Crippen molar-refractivity contribution in [1.82, 2.24) is 5.32 Å². The van der Waals surface area contributed by atoms with Gasteiger partial charge in [0.25, 0.3) is 0 Å². The molecule has 0 aliphatic carbocycles. The maximum absolute atomic E-state index is 13.6. The number of aliphatic hydroxyl groups excluding tert-OH is 2. The predicted molar refractivity (Wildman–Crippen MR) is 135 cm³/mol. The maximum Gasteiger partial charge on any atom is 0.150 e. The summed E-state index contributed by atoms with van der Waals surface area (Å²) in [5, 5.41) is 34.4. The second-order valence-electron chi connectivity index (χ2n) is 9.07. The van der Waals surface area contributed by atoms with Gasteiger partial charge >= 0.3 is 0 Å². The van der Waals surface area contributed by atoms with Gasteiger partial charge in [-0.1, -0.05) is 61.3 Å². The molecule has 1 fully saturated rings. The van der Waals surface area contributed by atoms with E-state index >= 15 is 0 Å². The first kappa shape index (κ1) is 26.7. The zero-order valence-electron chi connectivity index (χ0n) is 19.6. The highest BCUT2D eigenvalue weighted by molar-refractivity contribution is 6.30. The summed E-state index contributed by atoms with van der Waals surface area (Å²) in [6, 6.07) is 16.8. The van der Waals surface area contributed by atoms with Gasteiger partial charge in [-0.25, -0.2) is 0 Å². The van der Waals surface area contributed by atoms with Crippen molar-refractivity contribution in [2.45, 2.75) is 75.0 Å². The Bertz CT molecular complexity index is 1030. The summed E-state index contributed by atoms with van der Waals surface area (Å²) in [4.78, 5) is 13.6. The third kappa shape index (κ3) is 4.76. The van der Waals surface area contributed by atoms with Crippen LogP contribution in [-0.2, 0) is 10.2 Å². The van der Waals surface area contributed by atoms with Crippen molar-refractivity contribution in [3.63, 3.8) is 0 Å². The lowest BCUT2D eigenvalue weighted by atomic mass is 9.57. The molecule has 0 radical (unpaired) electrons. The van der Waals surface area contributed by atoms with Crippen LogP contribution in [0.5, 0.6) is 0 Å². The molecule has 2 aromatic carbocycles. The summed E-state index contributed by atoms with van der Waals surface area (Å²) in [6.07, 6.45) is 1.47. The Morgan fingerprint density at radius 1 is 1.15 bits per heavy atom. The molecule has 1 aliphatic heterocycles. The highest BCUT2D eigenvalue weighted by Gasteiger charge is 2.65. The van der Waals surface area contributed by atoms with Crippen LogP contribution in [0.25, 0.3) is 0 Å². The fourth-order valence-corrected chi connectivity index (χ4v) is 5.96. The Morgan fingerprint density at radius 3 is 2.38 bits per heavy atom. The van der Waals surface area contributed by atoms with E-state index in [4.69, 9.17) is 28.3 Å². The van der Waals surface area contributed by atoms with Crippen LogP contribution >= 0.6 is 23.2 Å². The zero-order valence-corrected chi connectivity index (χ0v) is 21.1. The lowest BCUT2D eigenvalue weighted by Crippen LogP contribution is -2.55. The third-order valence-corrected chi connectivity index (χ3v) is 7.88. The minimum atomic E-state index is -1.04. The van der Waals surface area contributed by atoms with Crippen LogP contribution in [0.1, 0.15) is 63.0 Å². The van der Waals surface area contributed by atoms with Gasteiger partial charge in [0.15, 0.2) is 0 Å². The molecule has 7 heteroatoms.